The fraction of sp³-hybridized carbons (Fsp3) is 0.300. The van der Waals surface area contributed by atoms with Crippen molar-refractivity contribution in [3.05, 3.63) is 34.5 Å². The summed E-state index contributed by atoms with van der Waals surface area (Å²) in [6.45, 7) is 0.132. The summed E-state index contributed by atoms with van der Waals surface area (Å²) in [5, 5.41) is 10.4. The van der Waals surface area contributed by atoms with E-state index in [0.717, 1.165) is 5.82 Å². The van der Waals surface area contributed by atoms with Crippen molar-refractivity contribution in [1.82, 2.24) is 14.7 Å². The Kier molecular flexibility index (Phi) is 4.12. The van der Waals surface area contributed by atoms with Gasteiger partial charge in [0.05, 0.1) is 11.5 Å². The Morgan fingerprint density at radius 1 is 1.50 bits per heavy atom. The van der Waals surface area contributed by atoms with Crippen molar-refractivity contribution in [3.63, 3.8) is 0 Å². The van der Waals surface area contributed by atoms with Crippen LogP contribution < -0.4 is 4.72 Å². The number of imidazole rings is 1. The molecule has 0 atom stereocenters. The van der Waals surface area contributed by atoms with Crippen LogP contribution in [0.25, 0.3) is 0 Å². The Hall–Kier alpha value is -1.22. The summed E-state index contributed by atoms with van der Waals surface area (Å²) in [7, 11) is -3.50. The second-order valence-electron chi connectivity index (χ2n) is 3.59. The number of hydrogen-bond acceptors (Lipinski definition) is 5. The van der Waals surface area contributed by atoms with Crippen LogP contribution in [-0.4, -0.2) is 30.0 Å². The molecule has 0 aliphatic rings. The number of aromatic amines is 1. The third kappa shape index (κ3) is 3.16. The number of rotatable bonds is 6. The normalized spacial score (nSPS) is 11.8. The first-order valence-corrected chi connectivity index (χ1v) is 7.64. The van der Waals surface area contributed by atoms with Crippen LogP contribution in [0.3, 0.4) is 0 Å². The van der Waals surface area contributed by atoms with Gasteiger partial charge in [-0.2, -0.15) is 0 Å². The quantitative estimate of drug-likeness (QED) is 0.720. The lowest BCUT2D eigenvalue weighted by Crippen LogP contribution is -2.25. The average molecular weight is 287 g/mol. The number of aromatic nitrogens is 2. The van der Waals surface area contributed by atoms with E-state index in [1.54, 1.807) is 12.4 Å². The molecule has 3 N–H and O–H groups in total. The molecule has 0 saturated carbocycles. The highest BCUT2D eigenvalue weighted by Crippen LogP contribution is 2.18. The van der Waals surface area contributed by atoms with E-state index >= 15 is 0 Å². The summed E-state index contributed by atoms with van der Waals surface area (Å²) >= 11 is 1.22. The number of nitrogens with zero attached hydrogens (tertiary/aromatic N) is 1. The van der Waals surface area contributed by atoms with Crippen LogP contribution in [0.5, 0.6) is 0 Å². The Labute approximate surface area is 109 Å². The van der Waals surface area contributed by atoms with Crippen molar-refractivity contribution in [2.24, 2.45) is 0 Å². The van der Waals surface area contributed by atoms with Gasteiger partial charge in [-0.1, -0.05) is 0 Å². The Morgan fingerprint density at radius 2 is 2.33 bits per heavy atom. The summed E-state index contributed by atoms with van der Waals surface area (Å²) < 4.78 is 26.2. The molecule has 2 aromatic heterocycles. The summed E-state index contributed by atoms with van der Waals surface area (Å²) in [4.78, 5) is 7.72. The third-order valence-electron chi connectivity index (χ3n) is 2.30. The number of thiophene rings is 1. The zero-order valence-corrected chi connectivity index (χ0v) is 11.1. The second kappa shape index (κ2) is 5.61. The van der Waals surface area contributed by atoms with E-state index in [1.807, 2.05) is 0 Å². The monoisotopic (exact) mass is 287 g/mol. The predicted octanol–water partition coefficient (Wildman–Crippen LogP) is 0.484. The van der Waals surface area contributed by atoms with Crippen LogP contribution in [0, 0.1) is 0 Å². The molecule has 6 nitrogen and oxygen atoms in total. The van der Waals surface area contributed by atoms with Gasteiger partial charge in [0.15, 0.2) is 0 Å². The van der Waals surface area contributed by atoms with Crippen LogP contribution in [0.4, 0.5) is 0 Å². The van der Waals surface area contributed by atoms with Crippen molar-refractivity contribution >= 4 is 21.4 Å². The van der Waals surface area contributed by atoms with Crippen LogP contribution in [0.15, 0.2) is 28.7 Å². The number of aliphatic hydroxyl groups excluding tert-OH is 1. The van der Waals surface area contributed by atoms with Crippen molar-refractivity contribution in [1.29, 1.82) is 0 Å². The van der Waals surface area contributed by atoms with Crippen molar-refractivity contribution in [2.45, 2.75) is 17.9 Å². The lowest BCUT2D eigenvalue weighted by molar-refractivity contribution is 0.285. The summed E-state index contributed by atoms with van der Waals surface area (Å²) in [5.74, 6) is 0.735. The minimum Gasteiger partial charge on any atom is -0.391 e. The molecule has 0 bridgehead atoms. The molecular formula is C10H13N3O3S2. The van der Waals surface area contributed by atoms with Crippen LogP contribution >= 0.6 is 11.3 Å². The lowest BCUT2D eigenvalue weighted by atomic mass is 10.4. The Bertz CT molecular complexity index is 590. The van der Waals surface area contributed by atoms with Gasteiger partial charge in [0.1, 0.15) is 5.82 Å². The fourth-order valence-electron chi connectivity index (χ4n) is 1.41. The fourth-order valence-corrected chi connectivity index (χ4v) is 3.57. The highest BCUT2D eigenvalue weighted by atomic mass is 32.2. The molecule has 0 spiro atoms. The van der Waals surface area contributed by atoms with Gasteiger partial charge in [-0.15, -0.1) is 11.3 Å². The third-order valence-corrected chi connectivity index (χ3v) is 4.82. The standard InChI is InChI=1S/C10H13N3O3S2/c14-6-8-5-9(7-17-8)18(15,16)13-2-1-10-11-3-4-12-10/h3-5,7,13-14H,1-2,6H2,(H,11,12). The first-order chi connectivity index (χ1) is 8.62. The predicted molar refractivity (Wildman–Crippen MR) is 67.7 cm³/mol. The van der Waals surface area contributed by atoms with Gasteiger partial charge in [0.2, 0.25) is 10.0 Å². The first-order valence-electron chi connectivity index (χ1n) is 5.28. The van der Waals surface area contributed by atoms with E-state index in [1.165, 1.54) is 22.8 Å². The number of H-pyrrole nitrogens is 1. The number of aliphatic hydroxyl groups is 1. The average Bonchev–Trinajstić information content (AvgIpc) is 2.99. The molecule has 0 fully saturated rings. The molecule has 8 heteroatoms. The first kappa shape index (κ1) is 13.2. The SMILES string of the molecule is O=S(=O)(NCCc1ncc[nH]1)c1csc(CO)c1. The zero-order chi connectivity index (χ0) is 13.0. The highest BCUT2D eigenvalue weighted by molar-refractivity contribution is 7.89. The number of hydrogen-bond donors (Lipinski definition) is 3. The summed E-state index contributed by atoms with van der Waals surface area (Å²) in [6, 6.07) is 1.47. The molecule has 98 valence electrons. The summed E-state index contributed by atoms with van der Waals surface area (Å²) in [5.41, 5.74) is 0. The molecule has 0 aromatic carbocycles. The molecule has 0 aliphatic carbocycles. The molecular weight excluding hydrogens is 274 g/mol. The van der Waals surface area contributed by atoms with Gasteiger partial charge in [0, 0.05) is 35.6 Å². The van der Waals surface area contributed by atoms with E-state index in [2.05, 4.69) is 14.7 Å². The number of nitrogens with one attached hydrogen (secondary N) is 2. The molecule has 2 rings (SSSR count). The van der Waals surface area contributed by atoms with Gasteiger partial charge < -0.3 is 10.1 Å². The van der Waals surface area contributed by atoms with E-state index in [4.69, 9.17) is 5.11 Å². The maximum Gasteiger partial charge on any atom is 0.241 e. The van der Waals surface area contributed by atoms with Gasteiger partial charge in [0.25, 0.3) is 0 Å². The van der Waals surface area contributed by atoms with Crippen molar-refractivity contribution in [3.8, 4) is 0 Å². The lowest BCUT2D eigenvalue weighted by Gasteiger charge is -2.03. The van der Waals surface area contributed by atoms with Crippen molar-refractivity contribution < 1.29 is 13.5 Å². The second-order valence-corrected chi connectivity index (χ2v) is 6.35. The molecule has 2 aromatic rings. The maximum atomic E-state index is 11.9. The van der Waals surface area contributed by atoms with Crippen LogP contribution in [0.2, 0.25) is 0 Å². The van der Waals surface area contributed by atoms with Gasteiger partial charge in [-0.05, 0) is 6.07 Å². The summed E-state index contributed by atoms with van der Waals surface area (Å²) in [6.07, 6.45) is 3.82. The molecule has 0 radical (unpaired) electrons. The van der Waals surface area contributed by atoms with Crippen molar-refractivity contribution in [2.75, 3.05) is 6.54 Å². The van der Waals surface area contributed by atoms with Gasteiger partial charge >= 0.3 is 0 Å². The van der Waals surface area contributed by atoms with E-state index in [-0.39, 0.29) is 18.0 Å². The van der Waals surface area contributed by atoms with Gasteiger partial charge in [-0.3, -0.25) is 0 Å². The highest BCUT2D eigenvalue weighted by Gasteiger charge is 2.15. The van der Waals surface area contributed by atoms with E-state index in [9.17, 15) is 8.42 Å². The molecule has 0 amide bonds. The Morgan fingerprint density at radius 3 is 2.94 bits per heavy atom. The largest absolute Gasteiger partial charge is 0.391 e. The maximum absolute atomic E-state index is 11.9. The molecule has 0 unspecified atom stereocenters. The zero-order valence-electron chi connectivity index (χ0n) is 9.46. The molecule has 18 heavy (non-hydrogen) atoms. The van der Waals surface area contributed by atoms with Crippen LogP contribution in [0.1, 0.15) is 10.7 Å². The molecule has 2 heterocycles. The smallest absolute Gasteiger partial charge is 0.241 e. The van der Waals surface area contributed by atoms with E-state index in [0.29, 0.717) is 11.3 Å². The minimum atomic E-state index is -3.50. The minimum absolute atomic E-state index is 0.146. The van der Waals surface area contributed by atoms with Crippen LogP contribution in [-0.2, 0) is 23.1 Å². The van der Waals surface area contributed by atoms with Gasteiger partial charge in [-0.25, -0.2) is 18.1 Å². The van der Waals surface area contributed by atoms with E-state index < -0.39 is 10.0 Å². The number of sulfonamides is 1. The molecule has 0 aliphatic heterocycles. The topological polar surface area (TPSA) is 95.1 Å². The molecule has 0 saturated heterocycles. The Balaban J connectivity index is 1.95.